The normalized spacial score (nSPS) is 16.4. The van der Waals surface area contributed by atoms with Gasteiger partial charge in [-0.25, -0.2) is 4.98 Å². The SMILES string of the molecule is CCOc1ccc([C@H]2CC(=O)n3nc(-c4ccc(C)cc4)nc3S2)cc1. The van der Waals surface area contributed by atoms with Gasteiger partial charge in [-0.05, 0) is 31.5 Å². The molecule has 26 heavy (non-hydrogen) atoms. The van der Waals surface area contributed by atoms with E-state index in [1.165, 1.54) is 10.2 Å². The molecule has 2 heterocycles. The monoisotopic (exact) mass is 365 g/mol. The highest BCUT2D eigenvalue weighted by Gasteiger charge is 2.30. The maximum absolute atomic E-state index is 12.6. The van der Waals surface area contributed by atoms with Crippen LogP contribution in [0.2, 0.25) is 0 Å². The van der Waals surface area contributed by atoms with Gasteiger partial charge in [-0.1, -0.05) is 53.7 Å². The summed E-state index contributed by atoms with van der Waals surface area (Å²) >= 11 is 1.58. The van der Waals surface area contributed by atoms with Crippen LogP contribution < -0.4 is 4.74 Å². The molecule has 132 valence electrons. The molecule has 0 saturated heterocycles. The summed E-state index contributed by atoms with van der Waals surface area (Å²) in [5.74, 6) is 1.41. The lowest BCUT2D eigenvalue weighted by Crippen LogP contribution is -2.20. The molecule has 1 aliphatic heterocycles. The Morgan fingerprint density at radius 3 is 2.58 bits per heavy atom. The zero-order valence-corrected chi connectivity index (χ0v) is 15.5. The van der Waals surface area contributed by atoms with Crippen molar-refractivity contribution in [2.45, 2.75) is 30.7 Å². The molecule has 0 fully saturated rings. The topological polar surface area (TPSA) is 57.0 Å². The maximum Gasteiger partial charge on any atom is 0.250 e. The molecule has 1 aromatic heterocycles. The Labute approximate surface area is 156 Å². The van der Waals surface area contributed by atoms with Gasteiger partial charge in [0.2, 0.25) is 0 Å². The highest BCUT2D eigenvalue weighted by molar-refractivity contribution is 7.99. The Morgan fingerprint density at radius 2 is 1.88 bits per heavy atom. The molecule has 0 aliphatic carbocycles. The van der Waals surface area contributed by atoms with Gasteiger partial charge in [0.05, 0.1) is 6.61 Å². The average molecular weight is 365 g/mol. The Kier molecular flexibility index (Phi) is 4.51. The number of ether oxygens (including phenoxy) is 1. The van der Waals surface area contributed by atoms with Gasteiger partial charge in [-0.3, -0.25) is 4.79 Å². The number of benzene rings is 2. The first-order valence-electron chi connectivity index (χ1n) is 8.61. The molecule has 0 saturated carbocycles. The van der Waals surface area contributed by atoms with Crippen molar-refractivity contribution in [3.63, 3.8) is 0 Å². The minimum Gasteiger partial charge on any atom is -0.494 e. The summed E-state index contributed by atoms with van der Waals surface area (Å²) in [6.45, 7) is 4.64. The van der Waals surface area contributed by atoms with Gasteiger partial charge in [0, 0.05) is 17.2 Å². The fraction of sp³-hybridized carbons (Fsp3) is 0.250. The van der Waals surface area contributed by atoms with Crippen LogP contribution in [0.25, 0.3) is 11.4 Å². The second-order valence-electron chi connectivity index (χ2n) is 6.20. The number of carbonyl (C=O) groups is 1. The van der Waals surface area contributed by atoms with Crippen molar-refractivity contribution in [1.29, 1.82) is 0 Å². The third-order valence-electron chi connectivity index (χ3n) is 4.29. The number of aromatic nitrogens is 3. The van der Waals surface area contributed by atoms with Crippen LogP contribution in [0.5, 0.6) is 5.75 Å². The van der Waals surface area contributed by atoms with Gasteiger partial charge >= 0.3 is 0 Å². The summed E-state index contributed by atoms with van der Waals surface area (Å²) in [4.78, 5) is 17.2. The van der Waals surface area contributed by atoms with E-state index >= 15 is 0 Å². The molecule has 0 spiro atoms. The number of hydrogen-bond acceptors (Lipinski definition) is 5. The molecular formula is C20H19N3O2S. The van der Waals surface area contributed by atoms with E-state index in [-0.39, 0.29) is 11.2 Å². The standard InChI is InChI=1S/C20H19N3O2S/c1-3-25-16-10-8-14(9-11-16)17-12-18(24)23-20(26-17)21-19(22-23)15-6-4-13(2)5-7-15/h4-11,17H,3,12H2,1-2H3/t17-/m1/s1. The molecule has 0 radical (unpaired) electrons. The van der Waals surface area contributed by atoms with Crippen molar-refractivity contribution in [3.8, 4) is 17.1 Å². The lowest BCUT2D eigenvalue weighted by Gasteiger charge is -2.20. The van der Waals surface area contributed by atoms with Crippen LogP contribution in [0.3, 0.4) is 0 Å². The fourth-order valence-corrected chi connectivity index (χ4v) is 4.06. The molecule has 0 unspecified atom stereocenters. The highest BCUT2D eigenvalue weighted by Crippen LogP contribution is 2.41. The summed E-state index contributed by atoms with van der Waals surface area (Å²) in [5.41, 5.74) is 3.19. The second kappa shape index (κ2) is 6.96. The van der Waals surface area contributed by atoms with Gasteiger partial charge < -0.3 is 4.74 Å². The van der Waals surface area contributed by atoms with Crippen LogP contribution in [-0.2, 0) is 0 Å². The predicted molar refractivity (Wildman–Crippen MR) is 102 cm³/mol. The zero-order valence-electron chi connectivity index (χ0n) is 14.7. The van der Waals surface area contributed by atoms with Crippen LogP contribution in [0, 0.1) is 6.92 Å². The Bertz CT molecular complexity index is 933. The first-order valence-corrected chi connectivity index (χ1v) is 9.48. The van der Waals surface area contributed by atoms with E-state index in [1.54, 1.807) is 11.8 Å². The van der Waals surface area contributed by atoms with Crippen molar-refractivity contribution in [3.05, 3.63) is 59.7 Å². The summed E-state index contributed by atoms with van der Waals surface area (Å²) in [7, 11) is 0. The van der Waals surface area contributed by atoms with E-state index in [4.69, 9.17) is 4.74 Å². The first-order chi connectivity index (χ1) is 12.6. The smallest absolute Gasteiger partial charge is 0.250 e. The van der Waals surface area contributed by atoms with Crippen LogP contribution in [-0.4, -0.2) is 27.3 Å². The van der Waals surface area contributed by atoms with E-state index in [0.717, 1.165) is 16.9 Å². The first kappa shape index (κ1) is 16.8. The molecular weight excluding hydrogens is 346 g/mol. The van der Waals surface area contributed by atoms with Crippen LogP contribution in [0.15, 0.2) is 53.7 Å². The molecule has 4 rings (SSSR count). The average Bonchev–Trinajstić information content (AvgIpc) is 3.08. The third-order valence-corrected chi connectivity index (χ3v) is 5.49. The molecule has 0 N–H and O–H groups in total. The minimum atomic E-state index is -0.0245. The van der Waals surface area contributed by atoms with Crippen molar-refractivity contribution < 1.29 is 9.53 Å². The zero-order chi connectivity index (χ0) is 18.1. The molecule has 2 aromatic carbocycles. The van der Waals surface area contributed by atoms with Crippen LogP contribution in [0.4, 0.5) is 0 Å². The number of thioether (sulfide) groups is 1. The molecule has 6 heteroatoms. The number of hydrogen-bond donors (Lipinski definition) is 0. The lowest BCUT2D eigenvalue weighted by atomic mass is 10.1. The highest BCUT2D eigenvalue weighted by atomic mass is 32.2. The number of rotatable bonds is 4. The van der Waals surface area contributed by atoms with Gasteiger partial charge in [0.15, 0.2) is 11.0 Å². The van der Waals surface area contributed by atoms with E-state index in [2.05, 4.69) is 10.1 Å². The second-order valence-corrected chi connectivity index (χ2v) is 7.37. The van der Waals surface area contributed by atoms with Crippen molar-refractivity contribution in [1.82, 2.24) is 14.8 Å². The van der Waals surface area contributed by atoms with Gasteiger partial charge in [-0.15, -0.1) is 5.10 Å². The van der Waals surface area contributed by atoms with E-state index in [1.807, 2.05) is 62.4 Å². The summed E-state index contributed by atoms with van der Waals surface area (Å²) in [5, 5.41) is 5.10. The summed E-state index contributed by atoms with van der Waals surface area (Å²) in [6.07, 6.45) is 0.405. The summed E-state index contributed by atoms with van der Waals surface area (Å²) in [6, 6.07) is 15.9. The van der Waals surface area contributed by atoms with Crippen molar-refractivity contribution in [2.24, 2.45) is 0 Å². The number of nitrogens with zero attached hydrogens (tertiary/aromatic N) is 3. The predicted octanol–water partition coefficient (Wildman–Crippen LogP) is 4.53. The Hall–Kier alpha value is -2.60. The van der Waals surface area contributed by atoms with Crippen LogP contribution >= 0.6 is 11.8 Å². The van der Waals surface area contributed by atoms with Crippen molar-refractivity contribution >= 4 is 17.7 Å². The lowest BCUT2D eigenvalue weighted by molar-refractivity contribution is 0.0868. The third kappa shape index (κ3) is 3.24. The van der Waals surface area contributed by atoms with Crippen molar-refractivity contribution in [2.75, 3.05) is 6.61 Å². The quantitative estimate of drug-likeness (QED) is 0.680. The number of aryl methyl sites for hydroxylation is 1. The Balaban J connectivity index is 1.60. The van der Waals surface area contributed by atoms with Crippen LogP contribution in [0.1, 0.15) is 34.5 Å². The molecule has 0 amide bonds. The molecule has 5 nitrogen and oxygen atoms in total. The number of carbonyl (C=O) groups excluding carboxylic acids is 1. The maximum atomic E-state index is 12.6. The fourth-order valence-electron chi connectivity index (χ4n) is 2.91. The largest absolute Gasteiger partial charge is 0.494 e. The molecule has 3 aromatic rings. The molecule has 0 bridgehead atoms. The van der Waals surface area contributed by atoms with E-state index in [9.17, 15) is 4.79 Å². The minimum absolute atomic E-state index is 0.0245. The molecule has 1 atom stereocenters. The molecule has 1 aliphatic rings. The van der Waals surface area contributed by atoms with E-state index < -0.39 is 0 Å². The van der Waals surface area contributed by atoms with Gasteiger partial charge in [0.1, 0.15) is 5.75 Å². The summed E-state index contributed by atoms with van der Waals surface area (Å²) < 4.78 is 6.92. The number of fused-ring (bicyclic) bond motifs is 1. The van der Waals surface area contributed by atoms with Gasteiger partial charge in [-0.2, -0.15) is 4.68 Å². The Morgan fingerprint density at radius 1 is 1.15 bits per heavy atom. The van der Waals surface area contributed by atoms with E-state index in [0.29, 0.717) is 24.0 Å². The van der Waals surface area contributed by atoms with Gasteiger partial charge in [0.25, 0.3) is 5.91 Å².